The molecule has 0 spiro atoms. The van der Waals surface area contributed by atoms with Crippen LogP contribution in [0.2, 0.25) is 5.02 Å². The number of piperidine rings is 1. The Bertz CT molecular complexity index is 1370. The summed E-state index contributed by atoms with van der Waals surface area (Å²) in [7, 11) is 0. The minimum atomic E-state index is -0.932. The molecule has 0 aliphatic carbocycles. The van der Waals surface area contributed by atoms with E-state index in [4.69, 9.17) is 16.3 Å². The number of benzene rings is 1. The number of aromatic nitrogens is 2. The number of hydrogen-bond acceptors (Lipinski definition) is 7. The van der Waals surface area contributed by atoms with Crippen molar-refractivity contribution in [3.63, 3.8) is 0 Å². The first-order valence-corrected chi connectivity index (χ1v) is 15.4. The number of likely N-dealkylation sites (tertiary alicyclic amines) is 1. The molecule has 12 heteroatoms. The van der Waals surface area contributed by atoms with Crippen LogP contribution in [0.5, 0.6) is 0 Å². The minimum Gasteiger partial charge on any atom is -0.465 e. The zero-order valence-electron chi connectivity index (χ0n) is 25.2. The number of carboxylic acid groups (broad SMARTS) is 1. The predicted octanol–water partition coefficient (Wildman–Crippen LogP) is 4.65. The highest BCUT2D eigenvalue weighted by Gasteiger charge is 2.44. The molecule has 2 saturated heterocycles. The lowest BCUT2D eigenvalue weighted by molar-refractivity contribution is -0.123. The molecule has 2 aromatic rings. The molecule has 3 N–H and O–H groups in total. The average Bonchev–Trinajstić information content (AvgIpc) is 3.27. The highest BCUT2D eigenvalue weighted by Crippen LogP contribution is 2.38. The first-order chi connectivity index (χ1) is 20.4. The SMILES string of the molecule is C[C@@H](NC(=O)CN1Cc2ccc(-c3nc(NC4CCOCC4)ncc3Cl)cc2C1=O)C1CCCN(C(=O)O)[C@H]1C(C)(C)C. The molecule has 3 aliphatic rings. The van der Waals surface area contributed by atoms with Crippen LogP contribution < -0.4 is 10.6 Å². The molecular weight excluding hydrogens is 572 g/mol. The molecule has 3 aliphatic heterocycles. The summed E-state index contributed by atoms with van der Waals surface area (Å²) in [5.74, 6) is -0.0562. The van der Waals surface area contributed by atoms with Crippen LogP contribution >= 0.6 is 11.6 Å². The lowest BCUT2D eigenvalue weighted by Crippen LogP contribution is -2.59. The van der Waals surface area contributed by atoms with Crippen LogP contribution in [0.1, 0.15) is 69.3 Å². The fourth-order valence-corrected chi connectivity index (χ4v) is 6.95. The molecule has 3 amide bonds. The molecule has 0 bridgehead atoms. The van der Waals surface area contributed by atoms with Gasteiger partial charge in [0.15, 0.2) is 0 Å². The summed E-state index contributed by atoms with van der Waals surface area (Å²) in [6, 6.07) is 5.28. The van der Waals surface area contributed by atoms with Crippen LogP contribution in [0.25, 0.3) is 11.3 Å². The van der Waals surface area contributed by atoms with E-state index in [-0.39, 0.29) is 47.8 Å². The fourth-order valence-electron chi connectivity index (χ4n) is 6.75. The van der Waals surface area contributed by atoms with Crippen LogP contribution in [-0.2, 0) is 16.1 Å². The largest absolute Gasteiger partial charge is 0.465 e. The molecule has 3 atom stereocenters. The number of carbonyl (C=O) groups is 3. The molecule has 11 nitrogen and oxygen atoms in total. The second kappa shape index (κ2) is 12.7. The third-order valence-electron chi connectivity index (χ3n) is 8.74. The highest BCUT2D eigenvalue weighted by molar-refractivity contribution is 6.33. The average molecular weight is 613 g/mol. The molecule has 5 rings (SSSR count). The van der Waals surface area contributed by atoms with E-state index >= 15 is 0 Å². The van der Waals surface area contributed by atoms with Crippen molar-refractivity contribution in [3.8, 4) is 11.3 Å². The standard InChI is InChI=1S/C31H41ClN6O5/c1-18(22-6-5-11-38(30(41)42)27(22)31(2,3)4)34-25(39)17-37-16-20-8-7-19(14-23(20)28(37)40)26-24(32)15-33-29(36-26)35-21-9-12-43-13-10-21/h7-8,14-15,18,21-22,27H,5-6,9-13,16-17H2,1-4H3,(H,34,39)(H,41,42)(H,33,35,36)/t18-,22?,27-/m1/s1. The number of anilines is 1. The summed E-state index contributed by atoms with van der Waals surface area (Å²) in [6.07, 6.45) is 3.94. The molecule has 0 radical (unpaired) electrons. The van der Waals surface area contributed by atoms with Gasteiger partial charge in [-0.2, -0.15) is 0 Å². The van der Waals surface area contributed by atoms with Crippen molar-refractivity contribution in [1.29, 1.82) is 0 Å². The van der Waals surface area contributed by atoms with E-state index in [9.17, 15) is 19.5 Å². The van der Waals surface area contributed by atoms with Crippen molar-refractivity contribution in [2.45, 2.75) is 78.0 Å². The Morgan fingerprint density at radius 2 is 1.95 bits per heavy atom. The van der Waals surface area contributed by atoms with Crippen LogP contribution in [-0.4, -0.2) is 87.2 Å². The number of nitrogens with zero attached hydrogens (tertiary/aromatic N) is 4. The third-order valence-corrected chi connectivity index (χ3v) is 9.01. The number of rotatable bonds is 7. The zero-order valence-corrected chi connectivity index (χ0v) is 26.0. The van der Waals surface area contributed by atoms with E-state index in [1.165, 1.54) is 9.80 Å². The number of fused-ring (bicyclic) bond motifs is 1. The number of amides is 3. The van der Waals surface area contributed by atoms with Crippen LogP contribution in [0.4, 0.5) is 10.7 Å². The van der Waals surface area contributed by atoms with Crippen LogP contribution in [0.15, 0.2) is 24.4 Å². The summed E-state index contributed by atoms with van der Waals surface area (Å²) < 4.78 is 5.43. The van der Waals surface area contributed by atoms with E-state index in [1.807, 2.05) is 39.8 Å². The van der Waals surface area contributed by atoms with Gasteiger partial charge in [-0.05, 0) is 49.7 Å². The molecule has 1 unspecified atom stereocenters. The van der Waals surface area contributed by atoms with E-state index in [0.717, 1.165) is 31.2 Å². The molecule has 2 fully saturated rings. The molecular formula is C31H41ClN6O5. The molecule has 1 aromatic carbocycles. The van der Waals surface area contributed by atoms with E-state index < -0.39 is 6.09 Å². The predicted molar refractivity (Wildman–Crippen MR) is 163 cm³/mol. The van der Waals surface area contributed by atoms with Gasteiger partial charge in [0.25, 0.3) is 5.91 Å². The molecule has 4 heterocycles. The van der Waals surface area contributed by atoms with Gasteiger partial charge in [-0.3, -0.25) is 9.59 Å². The summed E-state index contributed by atoms with van der Waals surface area (Å²) in [5.41, 5.74) is 2.29. The first-order valence-electron chi connectivity index (χ1n) is 15.0. The summed E-state index contributed by atoms with van der Waals surface area (Å²) in [6.45, 7) is 10.1. The van der Waals surface area contributed by atoms with E-state index in [2.05, 4.69) is 20.6 Å². The maximum Gasteiger partial charge on any atom is 0.407 e. The first kappa shape index (κ1) is 31.0. The van der Waals surface area contributed by atoms with Gasteiger partial charge in [0, 0.05) is 61.5 Å². The van der Waals surface area contributed by atoms with Gasteiger partial charge >= 0.3 is 6.09 Å². The van der Waals surface area contributed by atoms with Crippen molar-refractivity contribution in [2.75, 3.05) is 31.6 Å². The highest BCUT2D eigenvalue weighted by atomic mass is 35.5. The summed E-state index contributed by atoms with van der Waals surface area (Å²) in [4.78, 5) is 50.6. The third kappa shape index (κ3) is 6.88. The van der Waals surface area contributed by atoms with Gasteiger partial charge in [-0.1, -0.05) is 44.5 Å². The van der Waals surface area contributed by atoms with Crippen LogP contribution in [0, 0.1) is 11.3 Å². The Balaban J connectivity index is 1.25. The number of ether oxygens (including phenoxy) is 1. The molecule has 43 heavy (non-hydrogen) atoms. The van der Waals surface area contributed by atoms with Gasteiger partial charge in [0.1, 0.15) is 6.54 Å². The molecule has 1 aromatic heterocycles. The van der Waals surface area contributed by atoms with E-state index in [0.29, 0.717) is 54.1 Å². The maximum atomic E-state index is 13.4. The second-order valence-electron chi connectivity index (χ2n) is 12.9. The smallest absolute Gasteiger partial charge is 0.407 e. The Hall–Kier alpha value is -3.44. The maximum absolute atomic E-state index is 13.4. The number of carbonyl (C=O) groups excluding carboxylic acids is 2. The second-order valence-corrected chi connectivity index (χ2v) is 13.3. The normalized spacial score (nSPS) is 21.8. The van der Waals surface area contributed by atoms with E-state index in [1.54, 1.807) is 12.3 Å². The number of nitrogens with one attached hydrogen (secondary N) is 2. The Kier molecular flexibility index (Phi) is 9.12. The van der Waals surface area contributed by atoms with Gasteiger partial charge in [-0.25, -0.2) is 14.8 Å². The molecule has 232 valence electrons. The van der Waals surface area contributed by atoms with Crippen molar-refractivity contribution in [3.05, 3.63) is 40.5 Å². The number of hydrogen-bond donors (Lipinski definition) is 3. The van der Waals surface area contributed by atoms with Crippen molar-refractivity contribution in [1.82, 2.24) is 25.1 Å². The quantitative estimate of drug-likeness (QED) is 0.411. The minimum absolute atomic E-state index is 0.0359. The van der Waals surface area contributed by atoms with Gasteiger partial charge in [0.2, 0.25) is 11.9 Å². The van der Waals surface area contributed by atoms with Crippen molar-refractivity contribution < 1.29 is 24.2 Å². The monoisotopic (exact) mass is 612 g/mol. The van der Waals surface area contributed by atoms with Crippen LogP contribution in [0.3, 0.4) is 0 Å². The fraction of sp³-hybridized carbons (Fsp3) is 0.581. The zero-order chi connectivity index (χ0) is 30.9. The van der Waals surface area contributed by atoms with Gasteiger partial charge < -0.3 is 30.3 Å². The summed E-state index contributed by atoms with van der Waals surface area (Å²) >= 11 is 6.48. The van der Waals surface area contributed by atoms with Crippen molar-refractivity contribution in [2.24, 2.45) is 11.3 Å². The van der Waals surface area contributed by atoms with Gasteiger partial charge in [-0.15, -0.1) is 0 Å². The topological polar surface area (TPSA) is 137 Å². The Morgan fingerprint density at radius 3 is 2.65 bits per heavy atom. The Morgan fingerprint density at radius 1 is 1.21 bits per heavy atom. The summed E-state index contributed by atoms with van der Waals surface area (Å²) in [5, 5.41) is 16.6. The van der Waals surface area contributed by atoms with Crippen molar-refractivity contribution >= 4 is 35.5 Å². The Labute approximate surface area is 257 Å². The molecule has 0 saturated carbocycles. The lowest BCUT2D eigenvalue weighted by Gasteiger charge is -2.48. The number of halogens is 1. The lowest BCUT2D eigenvalue weighted by atomic mass is 9.71. The van der Waals surface area contributed by atoms with Gasteiger partial charge in [0.05, 0.1) is 16.9 Å².